The number of Topliss-reactive ketones (excluding diaryl/α,β-unsaturated/α-hetero) is 1. The summed E-state index contributed by atoms with van der Waals surface area (Å²) in [5.74, 6) is -3.68. The second kappa shape index (κ2) is 7.58. The van der Waals surface area contributed by atoms with Crippen LogP contribution in [-0.4, -0.2) is 97.2 Å². The zero-order valence-corrected chi connectivity index (χ0v) is 25.5. The second-order valence-electron chi connectivity index (χ2n) is 15.0. The highest BCUT2D eigenvalue weighted by molar-refractivity contribution is 6.11. The summed E-state index contributed by atoms with van der Waals surface area (Å²) in [4.78, 5) is 50.8. The molecule has 3 N–H and O–H groups in total. The third kappa shape index (κ3) is 2.56. The molecular formula is C33H37N3O8. The van der Waals surface area contributed by atoms with Crippen LogP contribution in [-0.2, 0) is 29.3 Å². The number of piperazine rings is 1. The van der Waals surface area contributed by atoms with Gasteiger partial charge in [0.2, 0.25) is 5.72 Å². The van der Waals surface area contributed by atoms with E-state index in [2.05, 4.69) is 18.8 Å². The van der Waals surface area contributed by atoms with Crippen molar-refractivity contribution in [2.24, 2.45) is 5.92 Å². The number of aromatic nitrogens is 1. The topological polar surface area (TPSA) is 142 Å². The number of ketones is 1. The molecule has 0 radical (unpaired) electrons. The number of amides is 2. The van der Waals surface area contributed by atoms with Crippen molar-refractivity contribution in [3.05, 3.63) is 35.0 Å². The molecule has 1 aliphatic carbocycles. The number of carbonyl (C=O) groups excluding carboxylic acids is 3. The Morgan fingerprint density at radius 3 is 2.64 bits per heavy atom. The molecule has 1 aromatic heterocycles. The van der Waals surface area contributed by atoms with Crippen molar-refractivity contribution in [3.8, 4) is 5.75 Å². The molecule has 0 unspecified atom stereocenters. The molecule has 6 fully saturated rings. The molecule has 2 bridgehead atoms. The van der Waals surface area contributed by atoms with Gasteiger partial charge in [-0.3, -0.25) is 19.3 Å². The van der Waals surface area contributed by atoms with Crippen LogP contribution in [0.2, 0.25) is 0 Å². The number of H-pyrrole nitrogens is 1. The number of aliphatic hydroxyl groups excluding tert-OH is 1. The molecule has 8 heterocycles. The van der Waals surface area contributed by atoms with E-state index in [1.165, 1.54) is 12.0 Å². The molecule has 0 saturated carbocycles. The van der Waals surface area contributed by atoms with Gasteiger partial charge in [0.25, 0.3) is 11.8 Å². The summed E-state index contributed by atoms with van der Waals surface area (Å²) in [6, 6.07) is 3.86. The average molecular weight is 604 g/mol. The quantitative estimate of drug-likeness (QED) is 0.474. The third-order valence-corrected chi connectivity index (χ3v) is 12.3. The maximum Gasteiger partial charge on any atom is 0.252 e. The lowest BCUT2D eigenvalue weighted by Gasteiger charge is -2.67. The van der Waals surface area contributed by atoms with Crippen molar-refractivity contribution in [2.75, 3.05) is 20.3 Å². The highest BCUT2D eigenvalue weighted by Crippen LogP contribution is 2.72. The van der Waals surface area contributed by atoms with Gasteiger partial charge in [0.1, 0.15) is 28.5 Å². The molecule has 232 valence electrons. The van der Waals surface area contributed by atoms with Crippen LogP contribution in [0.5, 0.6) is 5.75 Å². The Hall–Kier alpha value is -3.25. The summed E-state index contributed by atoms with van der Waals surface area (Å²) in [5, 5.41) is 23.9. The molecule has 2 aromatic rings. The molecule has 44 heavy (non-hydrogen) atoms. The normalized spacial score (nSPS) is 41.8. The van der Waals surface area contributed by atoms with Gasteiger partial charge in [0, 0.05) is 41.6 Å². The molecule has 1 aromatic carbocycles. The number of aromatic amines is 1. The van der Waals surface area contributed by atoms with E-state index in [0.717, 1.165) is 33.5 Å². The number of piperidine rings is 2. The number of fused-ring (bicyclic) bond motifs is 8. The third-order valence-electron chi connectivity index (χ3n) is 12.3. The maximum absolute atomic E-state index is 15.1. The summed E-state index contributed by atoms with van der Waals surface area (Å²) in [6.45, 7) is 7.97. The molecule has 10 rings (SSSR count). The largest absolute Gasteiger partial charge is 0.483 e. The highest BCUT2D eigenvalue weighted by atomic mass is 16.7. The van der Waals surface area contributed by atoms with Gasteiger partial charge in [-0.25, -0.2) is 0 Å². The number of nitrogens with zero attached hydrogens (tertiary/aromatic N) is 2. The molecule has 7 aliphatic heterocycles. The number of aliphatic hydroxyl groups is 2. The van der Waals surface area contributed by atoms with Gasteiger partial charge < -0.3 is 34.3 Å². The fourth-order valence-electron chi connectivity index (χ4n) is 10.4. The lowest BCUT2D eigenvalue weighted by atomic mass is 9.48. The first kappa shape index (κ1) is 27.1. The van der Waals surface area contributed by atoms with Crippen LogP contribution in [0.25, 0.3) is 17.0 Å². The molecule has 8 aliphatic rings. The van der Waals surface area contributed by atoms with E-state index in [1.807, 2.05) is 38.1 Å². The maximum atomic E-state index is 15.1. The van der Waals surface area contributed by atoms with E-state index >= 15 is 4.79 Å². The summed E-state index contributed by atoms with van der Waals surface area (Å²) in [6.07, 6.45) is 3.78. The fourth-order valence-corrected chi connectivity index (χ4v) is 10.4. The molecule has 6 saturated heterocycles. The minimum atomic E-state index is -2.42. The number of hydrogen-bond donors (Lipinski definition) is 3. The molecule has 2 spiro atoms. The zero-order valence-electron chi connectivity index (χ0n) is 25.5. The highest BCUT2D eigenvalue weighted by Gasteiger charge is 2.88. The van der Waals surface area contributed by atoms with Crippen molar-refractivity contribution in [2.45, 2.75) is 99.0 Å². The molecular weight excluding hydrogens is 566 g/mol. The second-order valence-corrected chi connectivity index (χ2v) is 15.0. The Morgan fingerprint density at radius 2 is 1.91 bits per heavy atom. The van der Waals surface area contributed by atoms with E-state index in [9.17, 15) is 19.8 Å². The van der Waals surface area contributed by atoms with Gasteiger partial charge in [-0.15, -0.1) is 0 Å². The summed E-state index contributed by atoms with van der Waals surface area (Å²) in [7, 11) is 1.34. The van der Waals surface area contributed by atoms with Crippen molar-refractivity contribution < 1.29 is 38.8 Å². The van der Waals surface area contributed by atoms with E-state index in [-0.39, 0.29) is 11.8 Å². The number of rotatable bonds is 2. The standard InChI is InChI=1S/C33H37N3O8/c1-28(2)11-9-16-18(43-28)8-7-17-21-22-25-33(41,20(38)14-31(15-37,42-5)44-25)36-26(39)30-10-6-12-35(30)27(40)32(22,36)19(13-30)29(3,4)24(21)34-23(16)17/h7-9,11,19,22,25,34,37,41H,6,10,12-15H2,1-5H3/t19-,22+,25+,30-,31+,32+,33-/m0/s1. The predicted molar refractivity (Wildman–Crippen MR) is 155 cm³/mol. The van der Waals surface area contributed by atoms with E-state index in [4.69, 9.17) is 14.2 Å². The van der Waals surface area contributed by atoms with E-state index in [1.54, 1.807) is 4.90 Å². The molecule has 7 atom stereocenters. The van der Waals surface area contributed by atoms with Crippen molar-refractivity contribution in [3.63, 3.8) is 0 Å². The van der Waals surface area contributed by atoms with Crippen LogP contribution >= 0.6 is 0 Å². The average Bonchev–Trinajstić information content (AvgIpc) is 3.65. The van der Waals surface area contributed by atoms with Crippen molar-refractivity contribution in [1.82, 2.24) is 14.8 Å². The van der Waals surface area contributed by atoms with Crippen molar-refractivity contribution in [1.29, 1.82) is 0 Å². The number of hydrogen-bond acceptors (Lipinski definition) is 8. The van der Waals surface area contributed by atoms with Gasteiger partial charge in [-0.05, 0) is 63.0 Å². The van der Waals surface area contributed by atoms with Crippen LogP contribution in [0.4, 0.5) is 0 Å². The molecule has 11 heteroatoms. The minimum absolute atomic E-state index is 0.238. The van der Waals surface area contributed by atoms with Crippen LogP contribution < -0.4 is 4.74 Å². The van der Waals surface area contributed by atoms with Crippen LogP contribution in [0, 0.1) is 5.92 Å². The SMILES string of the molecule is CO[C@]1(CO)CC(=O)[C@]2(O)[C@H](O1)[C@H]1c3c([nH]c4c5c(ccc34)OC(C)(C)C=C5)C(C)(C)[C@@H]3C[C@]45CCCN4C(=O)[C@]13N2C5=O. The van der Waals surface area contributed by atoms with Crippen LogP contribution in [0.3, 0.4) is 0 Å². The zero-order chi connectivity index (χ0) is 31.0. The minimum Gasteiger partial charge on any atom is -0.483 e. The fraction of sp³-hybridized carbons (Fsp3) is 0.606. The molecule has 11 nitrogen and oxygen atoms in total. The van der Waals surface area contributed by atoms with E-state index < -0.39 is 70.4 Å². The predicted octanol–water partition coefficient (Wildman–Crippen LogP) is 2.08. The van der Waals surface area contributed by atoms with E-state index in [0.29, 0.717) is 25.8 Å². The van der Waals surface area contributed by atoms with Gasteiger partial charge in [-0.2, -0.15) is 0 Å². The Balaban J connectivity index is 1.40. The summed E-state index contributed by atoms with van der Waals surface area (Å²) in [5.41, 5.74) is -2.98. The lowest BCUT2D eigenvalue weighted by Crippen LogP contribution is -2.86. The number of nitrogens with one attached hydrogen (secondary N) is 1. The van der Waals surface area contributed by atoms with Gasteiger partial charge in [0.15, 0.2) is 11.6 Å². The smallest absolute Gasteiger partial charge is 0.252 e. The lowest BCUT2D eigenvalue weighted by molar-refractivity contribution is -0.312. The first-order chi connectivity index (χ1) is 20.7. The summed E-state index contributed by atoms with van der Waals surface area (Å²) >= 11 is 0. The van der Waals surface area contributed by atoms with Gasteiger partial charge >= 0.3 is 0 Å². The monoisotopic (exact) mass is 603 g/mol. The Bertz CT molecular complexity index is 1770. The Labute approximate surface area is 254 Å². The first-order valence-electron chi connectivity index (χ1n) is 15.6. The van der Waals surface area contributed by atoms with Crippen LogP contribution in [0.1, 0.15) is 76.1 Å². The van der Waals surface area contributed by atoms with Crippen molar-refractivity contribution >= 4 is 34.6 Å². The van der Waals surface area contributed by atoms with Gasteiger partial charge in [-0.1, -0.05) is 13.8 Å². The molecule has 2 amide bonds. The number of benzene rings is 1. The number of carbonyl (C=O) groups is 3. The number of ether oxygens (including phenoxy) is 3. The first-order valence-corrected chi connectivity index (χ1v) is 15.6. The van der Waals surface area contributed by atoms with Gasteiger partial charge in [0.05, 0.1) is 24.5 Å². The Morgan fingerprint density at radius 1 is 1.14 bits per heavy atom. The Kier molecular flexibility index (Phi) is 4.67. The summed E-state index contributed by atoms with van der Waals surface area (Å²) < 4.78 is 18.4. The van der Waals surface area contributed by atoms with Crippen LogP contribution in [0.15, 0.2) is 18.2 Å². The number of methoxy groups -OCH3 is 1.